The van der Waals surface area contributed by atoms with Crippen LogP contribution in [0.3, 0.4) is 0 Å². The average Bonchev–Trinajstić information content (AvgIpc) is 2.11. The largest absolute Gasteiger partial charge is 0.268 e. The summed E-state index contributed by atoms with van der Waals surface area (Å²) in [4.78, 5) is 0. The van der Waals surface area contributed by atoms with Gasteiger partial charge in [0.15, 0.2) is 17.5 Å². The second kappa shape index (κ2) is 3.90. The fourth-order valence-corrected chi connectivity index (χ4v) is 1.25. The first kappa shape index (κ1) is 11.5. The van der Waals surface area contributed by atoms with Crippen LogP contribution < -0.4 is 0 Å². The summed E-state index contributed by atoms with van der Waals surface area (Å²) < 4.78 is 62.1. The Morgan fingerprint density at radius 3 is 1.71 bits per heavy atom. The molecule has 0 saturated heterocycles. The van der Waals surface area contributed by atoms with Crippen molar-refractivity contribution in [3.05, 3.63) is 33.1 Å². The average molecular weight is 251 g/mol. The van der Waals surface area contributed by atoms with Gasteiger partial charge in [-0.15, -0.1) is 0 Å². The van der Waals surface area contributed by atoms with Gasteiger partial charge >= 0.3 is 0 Å². The molecule has 0 heterocycles. The second-order valence-corrected chi connectivity index (χ2v) is 3.04. The summed E-state index contributed by atoms with van der Waals surface area (Å²) in [5.41, 5.74) is -1.43. The molecule has 0 amide bonds. The molecule has 0 nitrogen and oxygen atoms in total. The zero-order valence-corrected chi connectivity index (χ0v) is 7.73. The first-order valence-electron chi connectivity index (χ1n) is 3.17. The van der Waals surface area contributed by atoms with Gasteiger partial charge in [-0.1, -0.05) is 23.2 Å². The van der Waals surface area contributed by atoms with Crippen molar-refractivity contribution in [2.24, 2.45) is 0 Å². The lowest BCUT2D eigenvalue weighted by Gasteiger charge is -2.08. The molecule has 0 aliphatic carbocycles. The zero-order chi connectivity index (χ0) is 11.0. The standard InChI is InChI=1S/C7HCl2F5/c8-2-1(7(13)14)4(10)6(12)5(11)3(2)9/h7H. The summed E-state index contributed by atoms with van der Waals surface area (Å²) in [5.74, 6) is -5.86. The molecular formula is C7HCl2F5. The summed E-state index contributed by atoms with van der Waals surface area (Å²) in [7, 11) is 0. The fraction of sp³-hybridized carbons (Fsp3) is 0.143. The van der Waals surface area contributed by atoms with Crippen LogP contribution in [-0.4, -0.2) is 0 Å². The summed E-state index contributed by atoms with van der Waals surface area (Å²) in [6, 6.07) is 0. The quantitative estimate of drug-likeness (QED) is 0.395. The smallest absolute Gasteiger partial charge is 0.205 e. The maximum absolute atomic E-state index is 12.7. The van der Waals surface area contributed by atoms with E-state index in [1.54, 1.807) is 0 Å². The van der Waals surface area contributed by atoms with Gasteiger partial charge in [-0.05, 0) is 0 Å². The van der Waals surface area contributed by atoms with E-state index in [2.05, 4.69) is 0 Å². The maximum atomic E-state index is 12.7. The lowest BCUT2D eigenvalue weighted by atomic mass is 10.2. The van der Waals surface area contributed by atoms with Gasteiger partial charge in [-0.25, -0.2) is 22.0 Å². The highest BCUT2D eigenvalue weighted by atomic mass is 35.5. The summed E-state index contributed by atoms with van der Waals surface area (Å²) in [6.07, 6.45) is -3.37. The summed E-state index contributed by atoms with van der Waals surface area (Å²) >= 11 is 10.2. The SMILES string of the molecule is Fc1c(F)c(Cl)c(Cl)c(C(F)F)c1F. The van der Waals surface area contributed by atoms with Crippen molar-refractivity contribution in [2.45, 2.75) is 6.43 Å². The topological polar surface area (TPSA) is 0 Å². The zero-order valence-electron chi connectivity index (χ0n) is 6.22. The van der Waals surface area contributed by atoms with Crippen molar-refractivity contribution in [3.63, 3.8) is 0 Å². The second-order valence-electron chi connectivity index (χ2n) is 2.28. The first-order valence-corrected chi connectivity index (χ1v) is 3.93. The molecule has 0 N–H and O–H groups in total. The molecule has 0 unspecified atom stereocenters. The number of hydrogen-bond donors (Lipinski definition) is 0. The van der Waals surface area contributed by atoms with Crippen molar-refractivity contribution in [3.8, 4) is 0 Å². The molecule has 14 heavy (non-hydrogen) atoms. The third-order valence-electron chi connectivity index (χ3n) is 1.46. The Bertz CT molecular complexity index is 348. The molecule has 1 aromatic rings. The van der Waals surface area contributed by atoms with Gasteiger partial charge in [0.05, 0.1) is 15.6 Å². The van der Waals surface area contributed by atoms with Crippen LogP contribution in [-0.2, 0) is 0 Å². The minimum Gasteiger partial charge on any atom is -0.205 e. The summed E-state index contributed by atoms with van der Waals surface area (Å²) in [5, 5.41) is -2.07. The number of hydrogen-bond acceptors (Lipinski definition) is 0. The van der Waals surface area contributed by atoms with Crippen molar-refractivity contribution in [2.75, 3.05) is 0 Å². The van der Waals surface area contributed by atoms with E-state index in [0.29, 0.717) is 0 Å². The molecule has 0 aromatic heterocycles. The van der Waals surface area contributed by atoms with E-state index in [-0.39, 0.29) is 0 Å². The minimum atomic E-state index is -3.37. The highest BCUT2D eigenvalue weighted by Gasteiger charge is 2.27. The van der Waals surface area contributed by atoms with Gasteiger partial charge in [0, 0.05) is 0 Å². The number of alkyl halides is 2. The van der Waals surface area contributed by atoms with Crippen LogP contribution in [0.4, 0.5) is 22.0 Å². The Morgan fingerprint density at radius 2 is 1.29 bits per heavy atom. The third kappa shape index (κ3) is 1.66. The molecule has 0 spiro atoms. The molecule has 0 aliphatic rings. The molecular weight excluding hydrogens is 250 g/mol. The van der Waals surface area contributed by atoms with Crippen LogP contribution in [0.1, 0.15) is 12.0 Å². The highest BCUT2D eigenvalue weighted by Crippen LogP contribution is 2.37. The van der Waals surface area contributed by atoms with Crippen molar-refractivity contribution < 1.29 is 22.0 Å². The molecule has 78 valence electrons. The van der Waals surface area contributed by atoms with Crippen LogP contribution in [0.25, 0.3) is 0 Å². The van der Waals surface area contributed by atoms with Gasteiger partial charge in [0.25, 0.3) is 6.43 Å². The molecule has 1 aromatic carbocycles. The molecule has 0 saturated carbocycles. The Kier molecular flexibility index (Phi) is 3.21. The van der Waals surface area contributed by atoms with E-state index in [9.17, 15) is 22.0 Å². The van der Waals surface area contributed by atoms with Gasteiger partial charge in [-0.2, -0.15) is 0 Å². The lowest BCUT2D eigenvalue weighted by molar-refractivity contribution is 0.145. The van der Waals surface area contributed by atoms with Gasteiger partial charge in [-0.3, -0.25) is 0 Å². The molecule has 0 aliphatic heterocycles. The predicted octanol–water partition coefficient (Wildman–Crippen LogP) is 4.35. The lowest BCUT2D eigenvalue weighted by Crippen LogP contribution is -2.01. The molecule has 0 radical (unpaired) electrons. The molecule has 0 bridgehead atoms. The summed E-state index contributed by atoms with van der Waals surface area (Å²) in [6.45, 7) is 0. The fourth-order valence-electron chi connectivity index (χ4n) is 0.813. The highest BCUT2D eigenvalue weighted by molar-refractivity contribution is 6.42. The normalized spacial score (nSPS) is 11.1. The molecule has 0 fully saturated rings. The van der Waals surface area contributed by atoms with Crippen molar-refractivity contribution in [1.29, 1.82) is 0 Å². The van der Waals surface area contributed by atoms with E-state index in [1.165, 1.54) is 0 Å². The van der Waals surface area contributed by atoms with E-state index in [0.717, 1.165) is 0 Å². The minimum absolute atomic E-state index is 1.02. The van der Waals surface area contributed by atoms with E-state index >= 15 is 0 Å². The maximum Gasteiger partial charge on any atom is 0.268 e. The molecule has 7 heteroatoms. The Morgan fingerprint density at radius 1 is 0.786 bits per heavy atom. The Balaban J connectivity index is 3.60. The third-order valence-corrected chi connectivity index (χ3v) is 2.31. The van der Waals surface area contributed by atoms with Gasteiger partial charge < -0.3 is 0 Å². The predicted molar refractivity (Wildman–Crippen MR) is 41.3 cm³/mol. The van der Waals surface area contributed by atoms with E-state index in [4.69, 9.17) is 23.2 Å². The number of benzene rings is 1. The van der Waals surface area contributed by atoms with Crippen molar-refractivity contribution in [1.82, 2.24) is 0 Å². The van der Waals surface area contributed by atoms with Crippen molar-refractivity contribution >= 4 is 23.2 Å². The first-order chi connectivity index (χ1) is 6.37. The van der Waals surface area contributed by atoms with Crippen LogP contribution in [0.5, 0.6) is 0 Å². The van der Waals surface area contributed by atoms with Crippen LogP contribution >= 0.6 is 23.2 Å². The van der Waals surface area contributed by atoms with Gasteiger partial charge in [0.1, 0.15) is 0 Å². The molecule has 0 atom stereocenters. The van der Waals surface area contributed by atoms with E-state index in [1.807, 2.05) is 0 Å². The van der Waals surface area contributed by atoms with Crippen LogP contribution in [0, 0.1) is 17.5 Å². The van der Waals surface area contributed by atoms with Crippen LogP contribution in [0.15, 0.2) is 0 Å². The van der Waals surface area contributed by atoms with Gasteiger partial charge in [0.2, 0.25) is 0 Å². The van der Waals surface area contributed by atoms with Crippen LogP contribution in [0.2, 0.25) is 10.0 Å². The number of halogens is 7. The monoisotopic (exact) mass is 250 g/mol. The number of rotatable bonds is 1. The molecule has 1 rings (SSSR count). The Labute approximate surface area is 85.2 Å². The van der Waals surface area contributed by atoms with E-state index < -0.39 is 39.5 Å². The Hall–Kier alpha value is -0.550.